The lowest BCUT2D eigenvalue weighted by atomic mass is 9.88. The number of rotatable bonds is 7. The predicted octanol–water partition coefficient (Wildman–Crippen LogP) is 4.05. The van der Waals surface area contributed by atoms with Crippen molar-refractivity contribution in [1.29, 1.82) is 0 Å². The molecule has 4 rings (SSSR count). The first-order chi connectivity index (χ1) is 18.2. The summed E-state index contributed by atoms with van der Waals surface area (Å²) in [5.41, 5.74) is 1.74. The summed E-state index contributed by atoms with van der Waals surface area (Å²) in [6, 6.07) is 11.4. The van der Waals surface area contributed by atoms with E-state index in [1.54, 1.807) is 18.2 Å². The van der Waals surface area contributed by atoms with Crippen LogP contribution in [0.4, 0.5) is 4.39 Å². The third-order valence-electron chi connectivity index (χ3n) is 7.35. The van der Waals surface area contributed by atoms with E-state index in [0.717, 1.165) is 37.7 Å². The van der Waals surface area contributed by atoms with Crippen molar-refractivity contribution in [2.24, 2.45) is 5.92 Å². The number of carbonyl (C=O) groups excluding carboxylic acids is 3. The molecule has 0 aromatic heterocycles. The van der Waals surface area contributed by atoms with E-state index < -0.39 is 35.8 Å². The Morgan fingerprint density at radius 1 is 0.974 bits per heavy atom. The lowest BCUT2D eigenvalue weighted by Crippen LogP contribution is -2.64. The second-order valence-corrected chi connectivity index (χ2v) is 10.2. The fourth-order valence-electron chi connectivity index (χ4n) is 5.45. The molecule has 2 aliphatic rings. The molecule has 0 radical (unpaired) electrons. The molecule has 8 nitrogen and oxygen atoms in total. The second kappa shape index (κ2) is 12.2. The van der Waals surface area contributed by atoms with Gasteiger partial charge in [0.1, 0.15) is 5.82 Å². The highest BCUT2D eigenvalue weighted by Crippen LogP contribution is 2.29. The van der Waals surface area contributed by atoms with Crippen LogP contribution < -0.4 is 5.32 Å². The molecule has 0 spiro atoms. The van der Waals surface area contributed by atoms with E-state index in [1.807, 2.05) is 13.0 Å². The maximum atomic E-state index is 13.9. The Hall–Kier alpha value is -3.75. The van der Waals surface area contributed by atoms with Crippen LogP contribution in [-0.2, 0) is 14.4 Å². The van der Waals surface area contributed by atoms with E-state index in [-0.39, 0.29) is 30.4 Å². The molecule has 1 aliphatic carbocycles. The number of aryl methyl sites for hydroxylation is 1. The Labute approximate surface area is 221 Å². The van der Waals surface area contributed by atoms with E-state index in [4.69, 9.17) is 0 Å². The number of carboxylic acids is 1. The van der Waals surface area contributed by atoms with Gasteiger partial charge in [0.2, 0.25) is 5.91 Å². The van der Waals surface area contributed by atoms with Gasteiger partial charge < -0.3 is 20.2 Å². The summed E-state index contributed by atoms with van der Waals surface area (Å²) in [5, 5.41) is 12.4. The van der Waals surface area contributed by atoms with Gasteiger partial charge in [-0.2, -0.15) is 0 Å². The Bertz CT molecular complexity index is 1180. The SMILES string of the molecule is Cc1cccc(C(CC(=O)O)NC(=O)C2N(C(=O)c3ccc(F)cc3)CCCN2C(=O)C2CCCCC2)c1. The van der Waals surface area contributed by atoms with Gasteiger partial charge in [-0.1, -0.05) is 49.1 Å². The van der Waals surface area contributed by atoms with Crippen LogP contribution in [0.2, 0.25) is 0 Å². The lowest BCUT2D eigenvalue weighted by Gasteiger charge is -2.44. The largest absolute Gasteiger partial charge is 0.481 e. The van der Waals surface area contributed by atoms with Crippen molar-refractivity contribution in [2.75, 3.05) is 13.1 Å². The van der Waals surface area contributed by atoms with Crippen LogP contribution in [0.15, 0.2) is 48.5 Å². The number of halogens is 1. The van der Waals surface area contributed by atoms with Gasteiger partial charge >= 0.3 is 5.97 Å². The Morgan fingerprint density at radius 2 is 1.66 bits per heavy atom. The monoisotopic (exact) mass is 523 g/mol. The van der Waals surface area contributed by atoms with Crippen molar-refractivity contribution >= 4 is 23.7 Å². The zero-order chi connectivity index (χ0) is 27.2. The number of nitrogens with one attached hydrogen (secondary N) is 1. The summed E-state index contributed by atoms with van der Waals surface area (Å²) in [6.45, 7) is 2.42. The minimum atomic E-state index is -1.24. The first-order valence-electron chi connectivity index (χ1n) is 13.2. The molecule has 2 fully saturated rings. The minimum Gasteiger partial charge on any atom is -0.481 e. The van der Waals surface area contributed by atoms with Crippen molar-refractivity contribution in [2.45, 2.75) is 64.1 Å². The fourth-order valence-corrected chi connectivity index (χ4v) is 5.45. The van der Waals surface area contributed by atoms with Crippen LogP contribution in [0.1, 0.15) is 72.5 Å². The Balaban J connectivity index is 1.67. The molecular formula is C29H34FN3O5. The van der Waals surface area contributed by atoms with E-state index in [1.165, 1.54) is 34.1 Å². The zero-order valence-electron chi connectivity index (χ0n) is 21.6. The number of benzene rings is 2. The van der Waals surface area contributed by atoms with Crippen LogP contribution in [0.5, 0.6) is 0 Å². The summed E-state index contributed by atoms with van der Waals surface area (Å²) < 4.78 is 13.5. The molecule has 2 unspecified atom stereocenters. The smallest absolute Gasteiger partial charge is 0.305 e. The average Bonchev–Trinajstić information content (AvgIpc) is 2.92. The molecular weight excluding hydrogens is 489 g/mol. The summed E-state index contributed by atoms with van der Waals surface area (Å²) >= 11 is 0. The van der Waals surface area contributed by atoms with Gasteiger partial charge in [-0.25, -0.2) is 4.39 Å². The molecule has 38 heavy (non-hydrogen) atoms. The van der Waals surface area contributed by atoms with Crippen molar-refractivity contribution in [3.8, 4) is 0 Å². The Kier molecular flexibility index (Phi) is 8.76. The predicted molar refractivity (Wildman–Crippen MR) is 138 cm³/mol. The Morgan fingerprint density at radius 3 is 2.32 bits per heavy atom. The summed E-state index contributed by atoms with van der Waals surface area (Å²) in [5.74, 6) is -3.06. The minimum absolute atomic E-state index is 0.160. The van der Waals surface area contributed by atoms with E-state index in [0.29, 0.717) is 18.5 Å². The van der Waals surface area contributed by atoms with Gasteiger partial charge in [0, 0.05) is 24.6 Å². The number of nitrogens with zero attached hydrogens (tertiary/aromatic N) is 2. The maximum absolute atomic E-state index is 13.9. The van der Waals surface area contributed by atoms with Gasteiger partial charge in [0.05, 0.1) is 12.5 Å². The number of aliphatic carboxylic acids is 1. The van der Waals surface area contributed by atoms with E-state index in [2.05, 4.69) is 5.32 Å². The maximum Gasteiger partial charge on any atom is 0.305 e. The molecule has 1 saturated carbocycles. The van der Waals surface area contributed by atoms with E-state index >= 15 is 0 Å². The molecule has 1 aliphatic heterocycles. The quantitative estimate of drug-likeness (QED) is 0.570. The molecule has 0 bridgehead atoms. The molecule has 1 heterocycles. The highest BCUT2D eigenvalue weighted by atomic mass is 19.1. The number of amides is 3. The van der Waals surface area contributed by atoms with Crippen LogP contribution in [0, 0.1) is 18.7 Å². The molecule has 1 saturated heterocycles. The van der Waals surface area contributed by atoms with Gasteiger partial charge in [-0.3, -0.25) is 19.2 Å². The topological polar surface area (TPSA) is 107 Å². The molecule has 202 valence electrons. The zero-order valence-corrected chi connectivity index (χ0v) is 21.6. The lowest BCUT2D eigenvalue weighted by molar-refractivity contribution is -0.153. The third-order valence-corrected chi connectivity index (χ3v) is 7.35. The van der Waals surface area contributed by atoms with Crippen molar-refractivity contribution in [3.63, 3.8) is 0 Å². The van der Waals surface area contributed by atoms with E-state index in [9.17, 15) is 28.7 Å². The molecule has 2 aromatic carbocycles. The van der Waals surface area contributed by atoms with Crippen molar-refractivity contribution in [1.82, 2.24) is 15.1 Å². The van der Waals surface area contributed by atoms with Gasteiger partial charge in [-0.05, 0) is 56.0 Å². The highest BCUT2D eigenvalue weighted by molar-refractivity contribution is 5.99. The van der Waals surface area contributed by atoms with Gasteiger partial charge in [0.25, 0.3) is 11.8 Å². The molecule has 2 aromatic rings. The number of hydrogen-bond donors (Lipinski definition) is 2. The van der Waals surface area contributed by atoms with Gasteiger partial charge in [-0.15, -0.1) is 0 Å². The standard InChI is InChI=1S/C29H34FN3O5/c1-19-7-5-10-22(17-19)24(18-25(34)35)31-26(36)27-32(28(37)20-8-3-2-4-9-20)15-6-16-33(27)29(38)21-11-13-23(30)14-12-21/h5,7,10-14,17,20,24,27H,2-4,6,8-9,15-16,18H2,1H3,(H,31,36)(H,34,35). The highest BCUT2D eigenvalue weighted by Gasteiger charge is 2.43. The first kappa shape index (κ1) is 27.3. The number of carbonyl (C=O) groups is 4. The normalized spacial score (nSPS) is 19.1. The van der Waals surface area contributed by atoms with Crippen molar-refractivity contribution < 1.29 is 28.7 Å². The summed E-state index contributed by atoms with van der Waals surface area (Å²) in [6.07, 6.45) is 3.31. The summed E-state index contributed by atoms with van der Waals surface area (Å²) in [7, 11) is 0. The van der Waals surface area contributed by atoms with Crippen molar-refractivity contribution in [3.05, 3.63) is 71.0 Å². The average molecular weight is 524 g/mol. The molecule has 2 atom stereocenters. The number of carboxylic acid groups (broad SMARTS) is 1. The molecule has 9 heteroatoms. The van der Waals surface area contributed by atoms with Crippen LogP contribution in [0.25, 0.3) is 0 Å². The molecule has 3 amide bonds. The summed E-state index contributed by atoms with van der Waals surface area (Å²) in [4.78, 5) is 55.6. The first-order valence-corrected chi connectivity index (χ1v) is 13.2. The van der Waals surface area contributed by atoms with Crippen LogP contribution in [0.3, 0.4) is 0 Å². The molecule has 2 N–H and O–H groups in total. The third kappa shape index (κ3) is 6.38. The number of hydrogen-bond acceptors (Lipinski definition) is 4. The van der Waals surface area contributed by atoms with Gasteiger partial charge in [0.15, 0.2) is 6.17 Å². The van der Waals surface area contributed by atoms with Crippen LogP contribution >= 0.6 is 0 Å². The van der Waals surface area contributed by atoms with Crippen LogP contribution in [-0.4, -0.2) is 57.9 Å². The second-order valence-electron chi connectivity index (χ2n) is 10.2. The fraction of sp³-hybridized carbons (Fsp3) is 0.448.